The van der Waals surface area contributed by atoms with E-state index in [1.54, 1.807) is 30.3 Å². The van der Waals surface area contributed by atoms with Crippen molar-refractivity contribution in [1.82, 2.24) is 19.6 Å². The minimum atomic E-state index is -4.51. The number of hydrogen-bond donors (Lipinski definition) is 0. The quantitative estimate of drug-likeness (QED) is 0.144. The standard InChI is InChI=1S/C17H15FN2O6.C16H11F3N2O4/c1-22-13-8-10(9-14(23-2)15(13)24-3)25-16-19-20(17(21)26-16)12-7-5-4-6-11(12)18;1-23-12-7-5-11(6-8-12)21-15(22)25-14(20-21)24-13-4-2-3-10(9-13)16(17,18)19/h4-9H,1-3H3;2-9H,1H3. The van der Waals surface area contributed by atoms with E-state index in [9.17, 15) is 27.2 Å². The van der Waals surface area contributed by atoms with Crippen LogP contribution >= 0.6 is 0 Å². The SMILES string of the molecule is COc1cc(Oc2nn(-c3ccccc3F)c(=O)o2)cc(OC)c1OC.COc1ccc(-n2nc(Oc3cccc(C(F)(F)F)c3)oc2=O)cc1. The molecule has 0 radical (unpaired) electrons. The molecule has 0 aliphatic carbocycles. The monoisotopic (exact) mass is 714 g/mol. The summed E-state index contributed by atoms with van der Waals surface area (Å²) in [5.74, 6) is -0.636. The summed E-state index contributed by atoms with van der Waals surface area (Å²) in [4.78, 5) is 23.8. The highest BCUT2D eigenvalue weighted by molar-refractivity contribution is 5.56. The number of alkyl halides is 3. The number of nitrogens with zero attached hydrogens (tertiary/aromatic N) is 4. The van der Waals surface area contributed by atoms with Crippen molar-refractivity contribution in [3.05, 3.63) is 117 Å². The van der Waals surface area contributed by atoms with Gasteiger partial charge in [-0.3, -0.25) is 0 Å². The maximum atomic E-state index is 13.8. The number of rotatable bonds is 10. The highest BCUT2D eigenvalue weighted by Gasteiger charge is 2.31. The second-order valence-corrected chi connectivity index (χ2v) is 9.83. The molecule has 0 spiro atoms. The lowest BCUT2D eigenvalue weighted by Gasteiger charge is -2.13. The lowest BCUT2D eigenvalue weighted by molar-refractivity contribution is -0.137. The molecule has 0 aliphatic rings. The van der Waals surface area contributed by atoms with Crippen molar-refractivity contribution in [1.29, 1.82) is 0 Å². The van der Waals surface area contributed by atoms with Crippen LogP contribution in [-0.4, -0.2) is 48.0 Å². The van der Waals surface area contributed by atoms with Gasteiger partial charge in [0.15, 0.2) is 11.5 Å². The summed E-state index contributed by atoms with van der Waals surface area (Å²) in [5.41, 5.74) is -0.559. The third kappa shape index (κ3) is 8.30. The van der Waals surface area contributed by atoms with Crippen LogP contribution in [0.2, 0.25) is 0 Å². The first-order valence-electron chi connectivity index (χ1n) is 14.4. The summed E-state index contributed by atoms with van der Waals surface area (Å²) in [7, 11) is 5.87. The van der Waals surface area contributed by atoms with E-state index in [0.717, 1.165) is 21.5 Å². The molecule has 6 rings (SSSR count). The predicted octanol–water partition coefficient (Wildman–Crippen LogP) is 6.43. The Hall–Kier alpha value is -6.72. The Morgan fingerprint density at radius 3 is 1.78 bits per heavy atom. The van der Waals surface area contributed by atoms with Crippen molar-refractivity contribution >= 4 is 0 Å². The number of aromatic nitrogens is 4. The first-order valence-corrected chi connectivity index (χ1v) is 14.4. The summed E-state index contributed by atoms with van der Waals surface area (Å²) in [6.45, 7) is 0. The maximum Gasteiger partial charge on any atom is 0.444 e. The lowest BCUT2D eigenvalue weighted by Crippen LogP contribution is -2.14. The number of methoxy groups -OCH3 is 4. The molecule has 0 amide bonds. The number of para-hydroxylation sites is 1. The van der Waals surface area contributed by atoms with Crippen LogP contribution in [0.3, 0.4) is 0 Å². The zero-order valence-electron chi connectivity index (χ0n) is 27.0. The molecular formula is C33H26F4N4O10. The summed E-state index contributed by atoms with van der Waals surface area (Å²) in [6.07, 6.45) is -5.35. The second kappa shape index (κ2) is 15.2. The molecular weight excluding hydrogens is 688 g/mol. The van der Waals surface area contributed by atoms with Gasteiger partial charge in [-0.15, -0.1) is 0 Å². The highest BCUT2D eigenvalue weighted by atomic mass is 19.4. The first kappa shape index (κ1) is 35.6. The van der Waals surface area contributed by atoms with E-state index in [1.807, 2.05) is 0 Å². The third-order valence-corrected chi connectivity index (χ3v) is 6.67. The van der Waals surface area contributed by atoms with E-state index in [2.05, 4.69) is 10.2 Å². The number of ether oxygens (including phenoxy) is 6. The van der Waals surface area contributed by atoms with E-state index >= 15 is 0 Å². The van der Waals surface area contributed by atoms with Gasteiger partial charge in [-0.2, -0.15) is 22.5 Å². The molecule has 0 unspecified atom stereocenters. The molecule has 2 heterocycles. The molecule has 266 valence electrons. The summed E-state index contributed by atoms with van der Waals surface area (Å²) in [6, 6.07) is 19.2. The van der Waals surface area contributed by atoms with E-state index in [-0.39, 0.29) is 23.3 Å². The van der Waals surface area contributed by atoms with Crippen LogP contribution in [0, 0.1) is 5.82 Å². The minimum absolute atomic E-state index is 0.0546. The zero-order chi connectivity index (χ0) is 36.7. The first-order chi connectivity index (χ1) is 24.4. The molecule has 0 aliphatic heterocycles. The predicted molar refractivity (Wildman–Crippen MR) is 168 cm³/mol. The van der Waals surface area contributed by atoms with Crippen LogP contribution < -0.4 is 39.9 Å². The van der Waals surface area contributed by atoms with Gasteiger partial charge in [0, 0.05) is 12.1 Å². The van der Waals surface area contributed by atoms with Crippen LogP contribution in [0.15, 0.2) is 103 Å². The summed E-state index contributed by atoms with van der Waals surface area (Å²) in [5, 5.41) is 7.67. The van der Waals surface area contributed by atoms with Crippen molar-refractivity contribution < 1.29 is 54.8 Å². The van der Waals surface area contributed by atoms with Crippen LogP contribution in [0.1, 0.15) is 5.56 Å². The fourth-order valence-electron chi connectivity index (χ4n) is 4.32. The third-order valence-electron chi connectivity index (χ3n) is 6.67. The van der Waals surface area contributed by atoms with Gasteiger partial charge in [-0.25, -0.2) is 14.0 Å². The van der Waals surface area contributed by atoms with E-state index in [4.69, 9.17) is 37.3 Å². The highest BCUT2D eigenvalue weighted by Crippen LogP contribution is 2.41. The number of benzene rings is 4. The molecule has 0 fully saturated rings. The Bertz CT molecular complexity index is 2200. The number of hydrogen-bond acceptors (Lipinski definition) is 12. The molecule has 0 bridgehead atoms. The topological polar surface area (TPSA) is 151 Å². The van der Waals surface area contributed by atoms with Gasteiger partial charge in [-0.1, -0.05) is 28.4 Å². The minimum Gasteiger partial charge on any atom is -0.497 e. The molecule has 51 heavy (non-hydrogen) atoms. The molecule has 2 aromatic heterocycles. The fraction of sp³-hybridized carbons (Fsp3) is 0.152. The summed E-state index contributed by atoms with van der Waals surface area (Å²) < 4.78 is 94.6. The normalized spacial score (nSPS) is 10.9. The van der Waals surface area contributed by atoms with Crippen molar-refractivity contribution in [2.24, 2.45) is 0 Å². The molecule has 14 nitrogen and oxygen atoms in total. The lowest BCUT2D eigenvalue weighted by atomic mass is 10.2. The second-order valence-electron chi connectivity index (χ2n) is 9.83. The van der Waals surface area contributed by atoms with Crippen LogP contribution in [0.4, 0.5) is 17.6 Å². The average Bonchev–Trinajstić information content (AvgIpc) is 3.68. The van der Waals surface area contributed by atoms with Crippen molar-refractivity contribution in [3.8, 4) is 58.0 Å². The van der Waals surface area contributed by atoms with Gasteiger partial charge in [0.05, 0.1) is 39.7 Å². The van der Waals surface area contributed by atoms with Crippen molar-refractivity contribution in [2.45, 2.75) is 6.18 Å². The van der Waals surface area contributed by atoms with Crippen molar-refractivity contribution in [3.63, 3.8) is 0 Å². The van der Waals surface area contributed by atoms with Crippen LogP contribution in [-0.2, 0) is 6.18 Å². The van der Waals surface area contributed by atoms with Gasteiger partial charge < -0.3 is 37.3 Å². The van der Waals surface area contributed by atoms with Crippen LogP contribution in [0.25, 0.3) is 11.4 Å². The smallest absolute Gasteiger partial charge is 0.444 e. The van der Waals surface area contributed by atoms with Gasteiger partial charge >= 0.3 is 29.8 Å². The fourth-order valence-corrected chi connectivity index (χ4v) is 4.32. The Morgan fingerprint density at radius 1 is 0.627 bits per heavy atom. The number of halogens is 4. The van der Waals surface area contributed by atoms with Gasteiger partial charge in [0.25, 0.3) is 0 Å². The molecule has 0 atom stereocenters. The Balaban J connectivity index is 0.000000198. The molecule has 6 aromatic rings. The van der Waals surface area contributed by atoms with E-state index in [1.165, 1.54) is 70.9 Å². The van der Waals surface area contributed by atoms with Gasteiger partial charge in [0.1, 0.15) is 28.8 Å². The Kier molecular flexibility index (Phi) is 10.6. The maximum absolute atomic E-state index is 13.8. The largest absolute Gasteiger partial charge is 0.497 e. The van der Waals surface area contributed by atoms with E-state index < -0.39 is 35.1 Å². The average molecular weight is 715 g/mol. The van der Waals surface area contributed by atoms with Crippen LogP contribution in [0.5, 0.6) is 46.7 Å². The van der Waals surface area contributed by atoms with Crippen molar-refractivity contribution in [2.75, 3.05) is 28.4 Å². The summed E-state index contributed by atoms with van der Waals surface area (Å²) >= 11 is 0. The van der Waals surface area contributed by atoms with Gasteiger partial charge in [0.2, 0.25) is 5.75 Å². The Morgan fingerprint density at radius 2 is 1.22 bits per heavy atom. The Labute approximate surface area is 284 Å². The molecule has 0 saturated heterocycles. The zero-order valence-corrected chi connectivity index (χ0v) is 27.0. The molecule has 18 heteroatoms. The molecule has 0 saturated carbocycles. The molecule has 0 N–H and O–H groups in total. The molecule has 4 aromatic carbocycles. The van der Waals surface area contributed by atoms with Gasteiger partial charge in [-0.05, 0) is 54.6 Å². The van der Waals surface area contributed by atoms with E-state index in [0.29, 0.717) is 28.7 Å².